The second kappa shape index (κ2) is 4.52. The van der Waals surface area contributed by atoms with Gasteiger partial charge in [-0.3, -0.25) is 4.57 Å². The maximum atomic E-state index is 12.6. The molecule has 0 aliphatic carbocycles. The van der Waals surface area contributed by atoms with Crippen molar-refractivity contribution in [3.05, 3.63) is 71.0 Å². The van der Waals surface area contributed by atoms with Crippen molar-refractivity contribution in [3.63, 3.8) is 0 Å². The zero-order valence-corrected chi connectivity index (χ0v) is 11.0. The molecule has 21 heavy (non-hydrogen) atoms. The van der Waals surface area contributed by atoms with E-state index in [-0.39, 0.29) is 5.69 Å². The van der Waals surface area contributed by atoms with Gasteiger partial charge < -0.3 is 0 Å². The van der Waals surface area contributed by atoms with E-state index in [2.05, 4.69) is 15.1 Å². The molecule has 0 saturated carbocycles. The van der Waals surface area contributed by atoms with Crippen LogP contribution in [0.5, 0.6) is 0 Å². The molecule has 102 valence electrons. The summed E-state index contributed by atoms with van der Waals surface area (Å²) in [6.45, 7) is 0.447. The van der Waals surface area contributed by atoms with Gasteiger partial charge in [-0.1, -0.05) is 30.3 Å². The number of hydrogen-bond acceptors (Lipinski definition) is 4. The van der Waals surface area contributed by atoms with Gasteiger partial charge in [0.1, 0.15) is 12.0 Å². The second-order valence-electron chi connectivity index (χ2n) is 4.72. The van der Waals surface area contributed by atoms with Crippen LogP contribution in [0.25, 0.3) is 16.7 Å². The first-order valence-electron chi connectivity index (χ1n) is 6.56. The lowest BCUT2D eigenvalue weighted by Crippen LogP contribution is -2.28. The van der Waals surface area contributed by atoms with E-state index in [9.17, 15) is 4.79 Å². The Kier molecular flexibility index (Phi) is 2.53. The molecule has 0 atom stereocenters. The van der Waals surface area contributed by atoms with E-state index in [1.807, 2.05) is 42.5 Å². The van der Waals surface area contributed by atoms with Gasteiger partial charge in [-0.2, -0.15) is 9.61 Å². The molecule has 1 aromatic carbocycles. The molecule has 0 aliphatic rings. The average Bonchev–Trinajstić information content (AvgIpc) is 3.02. The van der Waals surface area contributed by atoms with Crippen molar-refractivity contribution in [2.24, 2.45) is 0 Å². The summed E-state index contributed by atoms with van der Waals surface area (Å²) in [4.78, 5) is 21.1. The van der Waals surface area contributed by atoms with Crippen LogP contribution in [-0.4, -0.2) is 24.1 Å². The average molecular weight is 277 g/mol. The molecular weight excluding hydrogens is 266 g/mol. The highest BCUT2D eigenvalue weighted by molar-refractivity contribution is 5.88. The third kappa shape index (κ3) is 1.80. The molecule has 6 heteroatoms. The van der Waals surface area contributed by atoms with E-state index < -0.39 is 0 Å². The van der Waals surface area contributed by atoms with Crippen LogP contribution in [0.15, 0.2) is 59.8 Å². The standard InChI is InChI=1S/C15H11N5O/c21-15-19(9-11-5-2-1-3-6-11)13-12(7-4-8-16-13)14-17-10-18-20(14)15/h1-8,10H,9H2. The fourth-order valence-electron chi connectivity index (χ4n) is 2.47. The molecule has 0 bridgehead atoms. The maximum absolute atomic E-state index is 12.6. The van der Waals surface area contributed by atoms with Crippen LogP contribution in [0.1, 0.15) is 5.56 Å². The van der Waals surface area contributed by atoms with Crippen molar-refractivity contribution in [3.8, 4) is 0 Å². The van der Waals surface area contributed by atoms with Crippen LogP contribution < -0.4 is 5.69 Å². The summed E-state index contributed by atoms with van der Waals surface area (Å²) in [5.74, 6) is 0. The van der Waals surface area contributed by atoms with Gasteiger partial charge in [0.05, 0.1) is 11.9 Å². The Labute approximate surface area is 119 Å². The fraction of sp³-hybridized carbons (Fsp3) is 0.0667. The third-order valence-electron chi connectivity index (χ3n) is 3.43. The van der Waals surface area contributed by atoms with Crippen molar-refractivity contribution in [1.82, 2.24) is 24.1 Å². The molecule has 0 amide bonds. The molecule has 3 aromatic heterocycles. The van der Waals surface area contributed by atoms with Gasteiger partial charge in [-0.05, 0) is 17.7 Å². The molecule has 0 saturated heterocycles. The Bertz CT molecular complexity index is 987. The Balaban J connectivity index is 2.06. The van der Waals surface area contributed by atoms with Gasteiger partial charge in [0.2, 0.25) is 0 Å². The number of rotatable bonds is 2. The molecule has 0 fully saturated rings. The molecule has 0 aliphatic heterocycles. The van der Waals surface area contributed by atoms with Crippen LogP contribution >= 0.6 is 0 Å². The van der Waals surface area contributed by atoms with E-state index in [1.54, 1.807) is 10.8 Å². The molecule has 0 N–H and O–H groups in total. The first-order chi connectivity index (χ1) is 10.3. The van der Waals surface area contributed by atoms with Crippen LogP contribution in [0.3, 0.4) is 0 Å². The number of nitrogens with zero attached hydrogens (tertiary/aromatic N) is 5. The van der Waals surface area contributed by atoms with E-state index >= 15 is 0 Å². The smallest absolute Gasteiger partial charge is 0.271 e. The molecule has 4 aromatic rings. The first kappa shape index (κ1) is 11.8. The fourth-order valence-corrected chi connectivity index (χ4v) is 2.47. The Morgan fingerprint density at radius 2 is 1.81 bits per heavy atom. The first-order valence-corrected chi connectivity index (χ1v) is 6.56. The van der Waals surface area contributed by atoms with Crippen molar-refractivity contribution < 1.29 is 0 Å². The van der Waals surface area contributed by atoms with Gasteiger partial charge in [0, 0.05) is 6.20 Å². The van der Waals surface area contributed by atoms with Gasteiger partial charge in [0.15, 0.2) is 5.65 Å². The van der Waals surface area contributed by atoms with Crippen molar-refractivity contribution >= 4 is 16.7 Å². The SMILES string of the molecule is O=c1n(Cc2ccccc2)c2ncccc2c2ncnn12. The molecule has 0 spiro atoms. The third-order valence-corrected chi connectivity index (χ3v) is 3.43. The van der Waals surface area contributed by atoms with Crippen molar-refractivity contribution in [2.75, 3.05) is 0 Å². The number of benzene rings is 1. The molecule has 0 unspecified atom stereocenters. The monoisotopic (exact) mass is 277 g/mol. The van der Waals surface area contributed by atoms with Gasteiger partial charge in [0.25, 0.3) is 0 Å². The number of fused-ring (bicyclic) bond motifs is 3. The number of pyridine rings is 1. The topological polar surface area (TPSA) is 65.1 Å². The van der Waals surface area contributed by atoms with Gasteiger partial charge in [-0.15, -0.1) is 0 Å². The van der Waals surface area contributed by atoms with Crippen LogP contribution in [0, 0.1) is 0 Å². The normalized spacial score (nSPS) is 11.2. The number of hydrogen-bond donors (Lipinski definition) is 0. The lowest BCUT2D eigenvalue weighted by Gasteiger charge is -2.09. The highest BCUT2D eigenvalue weighted by atomic mass is 16.2. The predicted molar refractivity (Wildman–Crippen MR) is 78.1 cm³/mol. The largest absolute Gasteiger partial charge is 0.352 e. The summed E-state index contributed by atoms with van der Waals surface area (Å²) < 4.78 is 2.93. The minimum absolute atomic E-state index is 0.238. The lowest BCUT2D eigenvalue weighted by molar-refractivity contribution is 0.708. The Morgan fingerprint density at radius 1 is 0.952 bits per heavy atom. The van der Waals surface area contributed by atoms with E-state index in [1.165, 1.54) is 10.8 Å². The summed E-state index contributed by atoms with van der Waals surface area (Å²) in [5.41, 5.74) is 1.95. The molecular formula is C15H11N5O. The molecule has 3 heterocycles. The molecule has 0 radical (unpaired) electrons. The molecule has 6 nitrogen and oxygen atoms in total. The van der Waals surface area contributed by atoms with E-state index in [4.69, 9.17) is 0 Å². The molecule has 4 rings (SSSR count). The minimum atomic E-state index is -0.238. The predicted octanol–water partition coefficient (Wildman–Crippen LogP) is 1.49. The summed E-state index contributed by atoms with van der Waals surface area (Å²) in [5, 5.41) is 4.83. The van der Waals surface area contributed by atoms with Gasteiger partial charge in [-0.25, -0.2) is 14.8 Å². The minimum Gasteiger partial charge on any atom is -0.271 e. The lowest BCUT2D eigenvalue weighted by atomic mass is 10.2. The van der Waals surface area contributed by atoms with Gasteiger partial charge >= 0.3 is 5.69 Å². The maximum Gasteiger partial charge on any atom is 0.352 e. The van der Waals surface area contributed by atoms with Crippen molar-refractivity contribution in [1.29, 1.82) is 0 Å². The van der Waals surface area contributed by atoms with E-state index in [0.717, 1.165) is 10.9 Å². The van der Waals surface area contributed by atoms with Crippen molar-refractivity contribution in [2.45, 2.75) is 6.54 Å². The summed E-state index contributed by atoms with van der Waals surface area (Å²) in [6, 6.07) is 13.5. The zero-order valence-electron chi connectivity index (χ0n) is 11.0. The number of aromatic nitrogens is 5. The quantitative estimate of drug-likeness (QED) is 0.557. The summed E-state index contributed by atoms with van der Waals surface area (Å²) >= 11 is 0. The highest BCUT2D eigenvalue weighted by Gasteiger charge is 2.13. The van der Waals surface area contributed by atoms with Crippen LogP contribution in [0.2, 0.25) is 0 Å². The zero-order chi connectivity index (χ0) is 14.2. The Morgan fingerprint density at radius 3 is 2.67 bits per heavy atom. The van der Waals surface area contributed by atoms with Crippen LogP contribution in [-0.2, 0) is 6.54 Å². The second-order valence-corrected chi connectivity index (χ2v) is 4.72. The summed E-state index contributed by atoms with van der Waals surface area (Å²) in [7, 11) is 0. The summed E-state index contributed by atoms with van der Waals surface area (Å²) in [6.07, 6.45) is 3.06. The van der Waals surface area contributed by atoms with Crippen LogP contribution in [0.4, 0.5) is 0 Å². The van der Waals surface area contributed by atoms with E-state index in [0.29, 0.717) is 17.8 Å². The Hall–Kier alpha value is -3.02. The highest BCUT2D eigenvalue weighted by Crippen LogP contribution is 2.14.